The average molecular weight is 269 g/mol. The Morgan fingerprint density at radius 1 is 1.56 bits per heavy atom. The van der Waals surface area contributed by atoms with Crippen LogP contribution in [0.5, 0.6) is 0 Å². The van der Waals surface area contributed by atoms with Crippen molar-refractivity contribution in [2.75, 3.05) is 6.54 Å². The Kier molecular flexibility index (Phi) is 5.15. The number of oxime groups is 1. The number of nitrogens with zero attached hydrogens (tertiary/aromatic N) is 2. The molecule has 0 radical (unpaired) electrons. The zero-order valence-corrected chi connectivity index (χ0v) is 11.7. The summed E-state index contributed by atoms with van der Waals surface area (Å²) in [5, 5.41) is 11.5. The number of carbonyl (C=O) groups excluding carboxylic acids is 1. The molecule has 0 spiro atoms. The summed E-state index contributed by atoms with van der Waals surface area (Å²) in [7, 11) is 0. The van der Waals surface area contributed by atoms with Crippen molar-refractivity contribution in [1.29, 1.82) is 0 Å². The Hall–Kier alpha value is -1.56. The van der Waals surface area contributed by atoms with Crippen LogP contribution in [0.4, 0.5) is 0 Å². The third kappa shape index (κ3) is 3.46. The molecule has 0 aliphatic carbocycles. The van der Waals surface area contributed by atoms with E-state index < -0.39 is 0 Å². The standard InChI is InChI=1S/C12H19N3O2S/c1-4-9-5-6-10(18-9)12(16)15(8(2)3)7-11(13)14-17/h5-6,8,17H,4,7H2,1-3H3,(H2,13,14). The molecule has 0 aromatic carbocycles. The molecule has 1 amide bonds. The largest absolute Gasteiger partial charge is 0.409 e. The molecule has 1 heterocycles. The van der Waals surface area contributed by atoms with Gasteiger partial charge in [-0.3, -0.25) is 4.79 Å². The first-order valence-electron chi connectivity index (χ1n) is 5.85. The minimum Gasteiger partial charge on any atom is -0.409 e. The molecule has 100 valence electrons. The molecule has 3 N–H and O–H groups in total. The maximum absolute atomic E-state index is 12.3. The molecule has 0 bridgehead atoms. The first-order chi connectivity index (χ1) is 8.49. The van der Waals surface area contributed by atoms with Gasteiger partial charge in [-0.2, -0.15) is 0 Å². The van der Waals surface area contributed by atoms with Gasteiger partial charge in [-0.25, -0.2) is 0 Å². The molecule has 1 aromatic heterocycles. The number of carbonyl (C=O) groups is 1. The summed E-state index contributed by atoms with van der Waals surface area (Å²) >= 11 is 1.49. The van der Waals surface area contributed by atoms with Gasteiger partial charge in [0.1, 0.15) is 0 Å². The van der Waals surface area contributed by atoms with Crippen LogP contribution < -0.4 is 5.73 Å². The van der Waals surface area contributed by atoms with E-state index in [1.54, 1.807) is 4.90 Å². The number of amides is 1. The van der Waals surface area contributed by atoms with E-state index >= 15 is 0 Å². The van der Waals surface area contributed by atoms with E-state index in [0.717, 1.165) is 6.42 Å². The fourth-order valence-electron chi connectivity index (χ4n) is 1.52. The lowest BCUT2D eigenvalue weighted by Crippen LogP contribution is -2.42. The second-order valence-corrected chi connectivity index (χ2v) is 5.41. The molecule has 0 aliphatic rings. The van der Waals surface area contributed by atoms with Crippen molar-refractivity contribution in [3.05, 3.63) is 21.9 Å². The number of hydrogen-bond donors (Lipinski definition) is 2. The van der Waals surface area contributed by atoms with Crippen LogP contribution in [0.15, 0.2) is 17.3 Å². The molecule has 1 aromatic rings. The van der Waals surface area contributed by atoms with Crippen LogP contribution in [-0.4, -0.2) is 34.4 Å². The molecule has 18 heavy (non-hydrogen) atoms. The smallest absolute Gasteiger partial charge is 0.264 e. The van der Waals surface area contributed by atoms with Crippen molar-refractivity contribution in [2.24, 2.45) is 10.9 Å². The Morgan fingerprint density at radius 2 is 2.22 bits per heavy atom. The van der Waals surface area contributed by atoms with Gasteiger partial charge < -0.3 is 15.8 Å². The SMILES string of the molecule is CCc1ccc(C(=O)N(CC(N)=NO)C(C)C)s1. The van der Waals surface area contributed by atoms with Gasteiger partial charge in [-0.1, -0.05) is 12.1 Å². The summed E-state index contributed by atoms with van der Waals surface area (Å²) in [5.74, 6) is -0.0504. The summed E-state index contributed by atoms with van der Waals surface area (Å²) in [5.41, 5.74) is 5.47. The topological polar surface area (TPSA) is 78.9 Å². The van der Waals surface area contributed by atoms with E-state index in [-0.39, 0.29) is 24.3 Å². The summed E-state index contributed by atoms with van der Waals surface area (Å²) in [4.78, 5) is 15.8. The van der Waals surface area contributed by atoms with E-state index in [1.807, 2.05) is 26.0 Å². The van der Waals surface area contributed by atoms with Crippen molar-refractivity contribution < 1.29 is 10.0 Å². The first kappa shape index (κ1) is 14.5. The maximum Gasteiger partial charge on any atom is 0.264 e. The van der Waals surface area contributed by atoms with E-state index in [0.29, 0.717) is 4.88 Å². The molecular weight excluding hydrogens is 250 g/mol. The van der Waals surface area contributed by atoms with Crippen LogP contribution in [0.25, 0.3) is 0 Å². The molecule has 0 saturated heterocycles. The second-order valence-electron chi connectivity index (χ2n) is 4.24. The Morgan fingerprint density at radius 3 is 2.67 bits per heavy atom. The highest BCUT2D eigenvalue weighted by molar-refractivity contribution is 7.14. The normalized spacial score (nSPS) is 11.9. The Labute approximate surface area is 111 Å². The molecule has 6 heteroatoms. The minimum absolute atomic E-state index is 0.00928. The number of thiophene rings is 1. The van der Waals surface area contributed by atoms with E-state index in [1.165, 1.54) is 16.2 Å². The summed E-state index contributed by atoms with van der Waals surface area (Å²) < 4.78 is 0. The van der Waals surface area contributed by atoms with Gasteiger partial charge in [0, 0.05) is 10.9 Å². The number of nitrogens with two attached hydrogens (primary N) is 1. The van der Waals surface area contributed by atoms with Crippen molar-refractivity contribution in [3.63, 3.8) is 0 Å². The summed E-state index contributed by atoms with van der Waals surface area (Å²) in [6.07, 6.45) is 0.917. The molecule has 5 nitrogen and oxygen atoms in total. The zero-order valence-electron chi connectivity index (χ0n) is 10.9. The molecule has 0 saturated carbocycles. The lowest BCUT2D eigenvalue weighted by Gasteiger charge is -2.25. The van der Waals surface area contributed by atoms with E-state index in [2.05, 4.69) is 12.1 Å². The van der Waals surface area contributed by atoms with Crippen LogP contribution >= 0.6 is 11.3 Å². The van der Waals surface area contributed by atoms with Crippen molar-refractivity contribution in [2.45, 2.75) is 33.2 Å². The fourth-order valence-corrected chi connectivity index (χ4v) is 2.42. The zero-order chi connectivity index (χ0) is 13.7. The molecular formula is C12H19N3O2S. The Bertz CT molecular complexity index is 440. The van der Waals surface area contributed by atoms with Crippen LogP contribution in [0, 0.1) is 0 Å². The third-order valence-corrected chi connectivity index (χ3v) is 3.78. The van der Waals surface area contributed by atoms with Gasteiger partial charge in [0.25, 0.3) is 5.91 Å². The molecule has 1 rings (SSSR count). The van der Waals surface area contributed by atoms with Gasteiger partial charge >= 0.3 is 0 Å². The molecule has 0 atom stereocenters. The summed E-state index contributed by atoms with van der Waals surface area (Å²) in [6.45, 7) is 5.98. The molecule has 0 fully saturated rings. The quantitative estimate of drug-likeness (QED) is 0.371. The predicted molar refractivity (Wildman–Crippen MR) is 73.3 cm³/mol. The minimum atomic E-state index is -0.0821. The predicted octanol–water partition coefficient (Wildman–Crippen LogP) is 1.91. The van der Waals surface area contributed by atoms with Crippen molar-refractivity contribution in [3.8, 4) is 0 Å². The van der Waals surface area contributed by atoms with Crippen molar-refractivity contribution >= 4 is 23.1 Å². The summed E-state index contributed by atoms with van der Waals surface area (Å²) in [6, 6.07) is 3.78. The van der Waals surface area contributed by atoms with Crippen molar-refractivity contribution in [1.82, 2.24) is 4.90 Å². The highest BCUT2D eigenvalue weighted by Gasteiger charge is 2.21. The van der Waals surface area contributed by atoms with Gasteiger partial charge in [0.15, 0.2) is 5.84 Å². The number of rotatable bonds is 5. The average Bonchev–Trinajstić information content (AvgIpc) is 2.83. The van der Waals surface area contributed by atoms with Crippen LogP contribution in [0.1, 0.15) is 35.3 Å². The van der Waals surface area contributed by atoms with Crippen LogP contribution in [0.2, 0.25) is 0 Å². The number of amidine groups is 1. The maximum atomic E-state index is 12.3. The van der Waals surface area contributed by atoms with E-state index in [9.17, 15) is 4.79 Å². The first-order valence-corrected chi connectivity index (χ1v) is 6.67. The number of hydrogen-bond acceptors (Lipinski definition) is 4. The monoisotopic (exact) mass is 269 g/mol. The molecule has 0 unspecified atom stereocenters. The fraction of sp³-hybridized carbons (Fsp3) is 0.500. The lowest BCUT2D eigenvalue weighted by molar-refractivity contribution is 0.0739. The van der Waals surface area contributed by atoms with Crippen LogP contribution in [0.3, 0.4) is 0 Å². The van der Waals surface area contributed by atoms with Crippen LogP contribution in [-0.2, 0) is 6.42 Å². The highest BCUT2D eigenvalue weighted by Crippen LogP contribution is 2.19. The lowest BCUT2D eigenvalue weighted by atomic mass is 10.2. The Balaban J connectivity index is 2.89. The highest BCUT2D eigenvalue weighted by atomic mass is 32.1. The van der Waals surface area contributed by atoms with E-state index in [4.69, 9.17) is 10.9 Å². The van der Waals surface area contributed by atoms with Gasteiger partial charge in [-0.05, 0) is 32.4 Å². The van der Waals surface area contributed by atoms with Gasteiger partial charge in [-0.15, -0.1) is 11.3 Å². The number of aryl methyl sites for hydroxylation is 1. The molecule has 0 aliphatic heterocycles. The second kappa shape index (κ2) is 6.39. The third-order valence-electron chi connectivity index (χ3n) is 2.57. The van der Waals surface area contributed by atoms with Gasteiger partial charge in [0.05, 0.1) is 11.4 Å². The van der Waals surface area contributed by atoms with Gasteiger partial charge in [0.2, 0.25) is 0 Å².